The molecule has 2 aromatic heterocycles. The Labute approximate surface area is 114 Å². The normalized spacial score (nSPS) is 11.2. The highest BCUT2D eigenvalue weighted by Crippen LogP contribution is 2.23. The van der Waals surface area contributed by atoms with Crippen molar-refractivity contribution in [3.8, 4) is 0 Å². The van der Waals surface area contributed by atoms with E-state index in [0.717, 1.165) is 5.52 Å². The minimum atomic E-state index is -0.342. The van der Waals surface area contributed by atoms with Crippen LogP contribution in [0.2, 0.25) is 0 Å². The quantitative estimate of drug-likeness (QED) is 0.734. The molecule has 0 fully saturated rings. The first-order valence-corrected chi connectivity index (χ1v) is 6.18. The second-order valence-electron chi connectivity index (χ2n) is 3.65. The number of halogens is 2. The van der Waals surface area contributed by atoms with Crippen molar-refractivity contribution in [3.63, 3.8) is 0 Å². The Balaban J connectivity index is 2.19. The first-order valence-electron chi connectivity index (χ1n) is 4.98. The van der Waals surface area contributed by atoms with Gasteiger partial charge in [0.15, 0.2) is 10.6 Å². The van der Waals surface area contributed by atoms with Gasteiger partial charge in [-0.2, -0.15) is 4.98 Å². The van der Waals surface area contributed by atoms with E-state index >= 15 is 0 Å². The molecule has 5 nitrogen and oxygen atoms in total. The van der Waals surface area contributed by atoms with Gasteiger partial charge in [0.1, 0.15) is 5.82 Å². The van der Waals surface area contributed by atoms with Crippen LogP contribution in [0.3, 0.4) is 0 Å². The van der Waals surface area contributed by atoms with Gasteiger partial charge in [-0.15, -0.1) is 0 Å². The van der Waals surface area contributed by atoms with Gasteiger partial charge in [-0.25, -0.2) is 4.39 Å². The maximum Gasteiger partial charge on any atom is 0.213 e. The molecule has 92 valence electrons. The number of aromatic nitrogens is 4. The van der Waals surface area contributed by atoms with E-state index < -0.39 is 0 Å². The maximum absolute atomic E-state index is 13.4. The molecule has 3 aromatic rings. The van der Waals surface area contributed by atoms with E-state index in [-0.39, 0.29) is 5.82 Å². The molecule has 3 rings (SSSR count). The van der Waals surface area contributed by atoms with Crippen molar-refractivity contribution >= 4 is 39.2 Å². The molecule has 0 saturated carbocycles. The molecule has 2 heterocycles. The number of hydrogen-bond donors (Lipinski definition) is 1. The number of imidazole rings is 1. The van der Waals surface area contributed by atoms with Gasteiger partial charge in [-0.3, -0.25) is 0 Å². The Kier molecular flexibility index (Phi) is 2.75. The lowest BCUT2D eigenvalue weighted by Crippen LogP contribution is -2.01. The Morgan fingerprint density at radius 1 is 1.50 bits per heavy atom. The minimum absolute atomic E-state index is 0.342. The van der Waals surface area contributed by atoms with Crippen molar-refractivity contribution in [2.45, 2.75) is 6.54 Å². The van der Waals surface area contributed by atoms with Crippen LogP contribution in [0, 0.1) is 10.6 Å². The van der Waals surface area contributed by atoms with Crippen LogP contribution in [0.5, 0.6) is 0 Å². The molecule has 1 aromatic carbocycles. The van der Waals surface area contributed by atoms with E-state index in [9.17, 15) is 4.39 Å². The zero-order chi connectivity index (χ0) is 12.7. The summed E-state index contributed by atoms with van der Waals surface area (Å²) in [5.74, 6) is 0.165. The predicted molar refractivity (Wildman–Crippen MR) is 68.2 cm³/mol. The smallest absolute Gasteiger partial charge is 0.213 e. The molecule has 18 heavy (non-hydrogen) atoms. The van der Waals surface area contributed by atoms with Gasteiger partial charge < -0.3 is 14.1 Å². The van der Waals surface area contributed by atoms with Crippen LogP contribution in [0.1, 0.15) is 5.82 Å². The number of nitrogens with one attached hydrogen (secondary N) is 1. The van der Waals surface area contributed by atoms with E-state index in [4.69, 9.17) is 12.2 Å². The molecule has 0 aliphatic carbocycles. The predicted octanol–water partition coefficient (Wildman–Crippen LogP) is 3.03. The first-order chi connectivity index (χ1) is 8.65. The molecule has 0 atom stereocenters. The average molecular weight is 329 g/mol. The lowest BCUT2D eigenvalue weighted by molar-refractivity contribution is 0.408. The number of H-pyrrole nitrogens is 1. The number of hydrogen-bond acceptors (Lipinski definition) is 4. The molecule has 0 spiro atoms. The second kappa shape index (κ2) is 4.29. The van der Waals surface area contributed by atoms with Gasteiger partial charge in [0.25, 0.3) is 0 Å². The fraction of sp³-hybridized carbons (Fsp3) is 0.100. The Hall–Kier alpha value is -1.54. The van der Waals surface area contributed by atoms with Crippen molar-refractivity contribution in [3.05, 3.63) is 39.4 Å². The maximum atomic E-state index is 13.4. The average Bonchev–Trinajstić information content (AvgIpc) is 2.92. The summed E-state index contributed by atoms with van der Waals surface area (Å²) in [6.45, 7) is 0.368. The monoisotopic (exact) mass is 328 g/mol. The number of nitrogens with zero attached hydrogens (tertiary/aromatic N) is 3. The molecule has 0 radical (unpaired) electrons. The Bertz CT molecular complexity index is 764. The fourth-order valence-corrected chi connectivity index (χ4v) is 2.32. The van der Waals surface area contributed by atoms with E-state index in [1.54, 1.807) is 10.6 Å². The van der Waals surface area contributed by atoms with Crippen LogP contribution < -0.4 is 0 Å². The molecular formula is C10H6BrFN4OS. The third kappa shape index (κ3) is 1.87. The number of benzene rings is 1. The van der Waals surface area contributed by atoms with Crippen molar-refractivity contribution in [2.24, 2.45) is 0 Å². The van der Waals surface area contributed by atoms with Gasteiger partial charge >= 0.3 is 0 Å². The lowest BCUT2D eigenvalue weighted by Gasteiger charge is -2.01. The highest BCUT2D eigenvalue weighted by molar-refractivity contribution is 9.10. The highest BCUT2D eigenvalue weighted by atomic mass is 79.9. The zero-order valence-corrected chi connectivity index (χ0v) is 11.3. The van der Waals surface area contributed by atoms with Crippen molar-refractivity contribution in [1.29, 1.82) is 0 Å². The van der Waals surface area contributed by atoms with Gasteiger partial charge in [0.2, 0.25) is 6.39 Å². The van der Waals surface area contributed by atoms with Crippen LogP contribution in [0.15, 0.2) is 27.5 Å². The van der Waals surface area contributed by atoms with Crippen LogP contribution in [-0.2, 0) is 6.54 Å². The summed E-state index contributed by atoms with van der Waals surface area (Å²) in [6.07, 6.45) is 1.25. The van der Waals surface area contributed by atoms with E-state index in [0.29, 0.717) is 27.1 Å². The largest absolute Gasteiger partial charge is 0.343 e. The van der Waals surface area contributed by atoms with Crippen LogP contribution in [0.4, 0.5) is 4.39 Å². The Morgan fingerprint density at radius 3 is 3.06 bits per heavy atom. The summed E-state index contributed by atoms with van der Waals surface area (Å²) in [4.78, 5) is 6.87. The van der Waals surface area contributed by atoms with E-state index in [1.807, 2.05) is 0 Å². The molecular weight excluding hydrogens is 323 g/mol. The van der Waals surface area contributed by atoms with Crippen LogP contribution >= 0.6 is 28.1 Å². The van der Waals surface area contributed by atoms with Gasteiger partial charge in [0.05, 0.1) is 22.1 Å². The standard InChI is InChI=1S/C10H6BrFN4OS/c11-5-1-8-7(2-6(5)12)14-10(18)16(8)3-9-13-4-17-15-9/h1-2,4H,3H2,(H,14,18). The van der Waals surface area contributed by atoms with Gasteiger partial charge in [-0.1, -0.05) is 5.16 Å². The molecule has 0 aliphatic rings. The Morgan fingerprint density at radius 2 is 2.33 bits per heavy atom. The number of aromatic amines is 1. The van der Waals surface area contributed by atoms with Crippen molar-refractivity contribution < 1.29 is 8.91 Å². The molecule has 1 N–H and O–H groups in total. The highest BCUT2D eigenvalue weighted by Gasteiger charge is 2.10. The topological polar surface area (TPSA) is 59.6 Å². The third-order valence-corrected chi connectivity index (χ3v) is 3.45. The summed E-state index contributed by atoms with van der Waals surface area (Å²) < 4.78 is 20.7. The second-order valence-corrected chi connectivity index (χ2v) is 4.89. The van der Waals surface area contributed by atoms with Crippen molar-refractivity contribution in [1.82, 2.24) is 19.7 Å². The van der Waals surface area contributed by atoms with Gasteiger partial charge in [-0.05, 0) is 34.2 Å². The number of fused-ring (bicyclic) bond motifs is 1. The fourth-order valence-electron chi connectivity index (χ4n) is 1.71. The van der Waals surface area contributed by atoms with Crippen LogP contribution in [-0.4, -0.2) is 19.7 Å². The van der Waals surface area contributed by atoms with Gasteiger partial charge in [0, 0.05) is 6.07 Å². The molecule has 0 aliphatic heterocycles. The summed E-state index contributed by atoms with van der Waals surface area (Å²) in [7, 11) is 0. The first kappa shape index (κ1) is 11.5. The van der Waals surface area contributed by atoms with E-state index in [2.05, 4.69) is 35.6 Å². The van der Waals surface area contributed by atoms with E-state index in [1.165, 1.54) is 12.5 Å². The zero-order valence-electron chi connectivity index (χ0n) is 8.85. The third-order valence-electron chi connectivity index (χ3n) is 2.52. The summed E-state index contributed by atoms with van der Waals surface area (Å²) in [5.41, 5.74) is 1.40. The van der Waals surface area contributed by atoms with Crippen LogP contribution in [0.25, 0.3) is 11.0 Å². The SMILES string of the molecule is Fc1cc2[nH]c(=S)n(Cc3ncon3)c2cc1Br. The summed E-state index contributed by atoms with van der Waals surface area (Å²) in [5, 5.41) is 3.73. The molecule has 0 bridgehead atoms. The minimum Gasteiger partial charge on any atom is -0.343 e. The number of rotatable bonds is 2. The molecule has 0 unspecified atom stereocenters. The summed E-state index contributed by atoms with van der Waals surface area (Å²) in [6, 6.07) is 3.05. The molecule has 0 saturated heterocycles. The lowest BCUT2D eigenvalue weighted by atomic mass is 10.3. The summed E-state index contributed by atoms with van der Waals surface area (Å²) >= 11 is 8.35. The van der Waals surface area contributed by atoms with Crippen molar-refractivity contribution in [2.75, 3.05) is 0 Å². The molecule has 0 amide bonds. The molecule has 8 heteroatoms.